The zero-order valence-corrected chi connectivity index (χ0v) is 19.5. The predicted molar refractivity (Wildman–Crippen MR) is 120 cm³/mol. The Labute approximate surface area is 185 Å². The summed E-state index contributed by atoms with van der Waals surface area (Å²) in [5.74, 6) is -0.916. The van der Waals surface area contributed by atoms with Crippen LogP contribution in [0.2, 0.25) is 0 Å². The van der Waals surface area contributed by atoms with Gasteiger partial charge in [-0.2, -0.15) is 13.2 Å². The zero-order valence-electron chi connectivity index (χ0n) is 19.5. The Kier molecular flexibility index (Phi) is 10.8. The molecular weight excluding hydrogens is 403 g/mol. The quantitative estimate of drug-likeness (QED) is 0.335. The highest BCUT2D eigenvalue weighted by Crippen LogP contribution is 2.35. The van der Waals surface area contributed by atoms with Crippen molar-refractivity contribution in [2.45, 2.75) is 90.6 Å². The molecule has 0 heterocycles. The van der Waals surface area contributed by atoms with Crippen LogP contribution < -0.4 is 5.32 Å². The van der Waals surface area contributed by atoms with Crippen LogP contribution in [0.3, 0.4) is 0 Å². The molecule has 3 nitrogen and oxygen atoms in total. The lowest BCUT2D eigenvalue weighted by atomic mass is 9.86. The Morgan fingerprint density at radius 3 is 2.26 bits per heavy atom. The molecule has 4 atom stereocenters. The van der Waals surface area contributed by atoms with Crippen LogP contribution in [0, 0.1) is 11.8 Å². The third-order valence-corrected chi connectivity index (χ3v) is 5.44. The van der Waals surface area contributed by atoms with Gasteiger partial charge in [-0.3, -0.25) is 4.79 Å². The van der Waals surface area contributed by atoms with Gasteiger partial charge in [-0.1, -0.05) is 76.4 Å². The van der Waals surface area contributed by atoms with Crippen LogP contribution in [0.4, 0.5) is 13.2 Å². The van der Waals surface area contributed by atoms with E-state index in [1.54, 1.807) is 25.1 Å². The van der Waals surface area contributed by atoms with Crippen LogP contribution >= 0.6 is 0 Å². The Balaban J connectivity index is 3.03. The molecule has 0 fully saturated rings. The first-order valence-electron chi connectivity index (χ1n) is 11.1. The summed E-state index contributed by atoms with van der Waals surface area (Å²) in [6, 6.07) is 8.20. The van der Waals surface area contributed by atoms with E-state index >= 15 is 0 Å². The Hall–Kier alpha value is -1.82. The molecule has 0 bridgehead atoms. The molecule has 1 amide bonds. The van der Waals surface area contributed by atoms with Crippen LogP contribution in [0.25, 0.3) is 0 Å². The minimum Gasteiger partial charge on any atom is -0.365 e. The van der Waals surface area contributed by atoms with Gasteiger partial charge in [0, 0.05) is 0 Å². The highest BCUT2D eigenvalue weighted by atomic mass is 19.4. The highest BCUT2D eigenvalue weighted by Gasteiger charge is 2.41. The number of ether oxygens (including phenoxy) is 1. The van der Waals surface area contributed by atoms with Crippen molar-refractivity contribution in [3.8, 4) is 0 Å². The molecule has 1 N–H and O–H groups in total. The summed E-state index contributed by atoms with van der Waals surface area (Å²) in [6.45, 7) is 14.0. The number of carbonyl (C=O) groups is 1. The molecule has 0 saturated carbocycles. The van der Waals surface area contributed by atoms with E-state index in [0.29, 0.717) is 18.3 Å². The molecule has 1 aromatic rings. The highest BCUT2D eigenvalue weighted by molar-refractivity contribution is 5.82. The fourth-order valence-corrected chi connectivity index (χ4v) is 3.97. The molecule has 6 heteroatoms. The van der Waals surface area contributed by atoms with Crippen LogP contribution in [0.5, 0.6) is 0 Å². The van der Waals surface area contributed by atoms with Gasteiger partial charge in [0.25, 0.3) is 0 Å². The summed E-state index contributed by atoms with van der Waals surface area (Å²) in [4.78, 5) is 11.5. The second-order valence-corrected chi connectivity index (χ2v) is 9.29. The molecule has 0 radical (unpaired) electrons. The van der Waals surface area contributed by atoms with Crippen molar-refractivity contribution in [1.29, 1.82) is 0 Å². The summed E-state index contributed by atoms with van der Waals surface area (Å²) >= 11 is 0. The van der Waals surface area contributed by atoms with Crippen LogP contribution in [-0.2, 0) is 9.53 Å². The molecule has 0 aliphatic carbocycles. The summed E-state index contributed by atoms with van der Waals surface area (Å²) in [5, 5.41) is 2.07. The van der Waals surface area contributed by atoms with Crippen LogP contribution in [0.1, 0.15) is 78.4 Å². The van der Waals surface area contributed by atoms with Crippen LogP contribution in [0.15, 0.2) is 43.0 Å². The van der Waals surface area contributed by atoms with Crippen molar-refractivity contribution in [1.82, 2.24) is 5.32 Å². The smallest absolute Gasteiger partial charge is 0.365 e. The van der Waals surface area contributed by atoms with E-state index < -0.39 is 29.8 Å². The Morgan fingerprint density at radius 2 is 1.74 bits per heavy atom. The first-order valence-corrected chi connectivity index (χ1v) is 11.1. The number of rotatable bonds is 13. The number of carbonyl (C=O) groups excluding carboxylic acids is 1. The first kappa shape index (κ1) is 27.2. The van der Waals surface area contributed by atoms with Gasteiger partial charge in [0.05, 0.1) is 11.6 Å². The average Bonchev–Trinajstić information content (AvgIpc) is 2.65. The minimum atomic E-state index is -4.94. The summed E-state index contributed by atoms with van der Waals surface area (Å²) in [6.07, 6.45) is 0.780. The van der Waals surface area contributed by atoms with E-state index in [0.717, 1.165) is 31.2 Å². The third-order valence-electron chi connectivity index (χ3n) is 5.44. The number of nitrogens with one attached hydrogen (secondary N) is 1. The Morgan fingerprint density at radius 1 is 1.13 bits per heavy atom. The van der Waals surface area contributed by atoms with Gasteiger partial charge in [0.15, 0.2) is 0 Å². The van der Waals surface area contributed by atoms with Gasteiger partial charge in [0.1, 0.15) is 6.10 Å². The van der Waals surface area contributed by atoms with Crippen molar-refractivity contribution < 1.29 is 22.7 Å². The van der Waals surface area contributed by atoms with Crippen molar-refractivity contribution in [2.75, 3.05) is 0 Å². The van der Waals surface area contributed by atoms with E-state index in [-0.39, 0.29) is 0 Å². The minimum absolute atomic E-state index is 0.389. The van der Waals surface area contributed by atoms with Crippen molar-refractivity contribution >= 4 is 5.91 Å². The lowest BCUT2D eigenvalue weighted by Crippen LogP contribution is -2.46. The lowest BCUT2D eigenvalue weighted by Gasteiger charge is -2.38. The molecule has 31 heavy (non-hydrogen) atoms. The molecule has 1 rings (SSSR count). The molecule has 0 spiro atoms. The van der Waals surface area contributed by atoms with E-state index in [1.807, 2.05) is 25.1 Å². The SMILES string of the molecule is C=CC[C@](C)(C[C@H](C)CCCC(C)C)O[C@@H](c1ccccc1)[C@H](C)NC(=O)C(F)(F)F. The topological polar surface area (TPSA) is 38.3 Å². The number of amides is 1. The van der Waals surface area contributed by atoms with Gasteiger partial charge in [-0.15, -0.1) is 6.58 Å². The van der Waals surface area contributed by atoms with E-state index in [9.17, 15) is 18.0 Å². The van der Waals surface area contributed by atoms with Crippen LogP contribution in [-0.4, -0.2) is 23.7 Å². The van der Waals surface area contributed by atoms with Crippen molar-refractivity contribution in [3.05, 3.63) is 48.6 Å². The standard InChI is InChI=1S/C25H38F3NO2/c1-7-16-24(6,17-19(4)13-11-12-18(2)3)31-22(21-14-9-8-10-15-21)20(5)29-23(30)25(26,27)28/h7-10,14-15,18-20,22H,1,11-13,16-17H2,2-6H3,(H,29,30)/t19-,20+,22-,24-/m1/s1. The third kappa shape index (κ3) is 9.90. The molecular formula is C25H38F3NO2. The molecule has 0 aromatic heterocycles. The van der Waals surface area contributed by atoms with E-state index in [2.05, 4.69) is 32.7 Å². The lowest BCUT2D eigenvalue weighted by molar-refractivity contribution is -0.176. The maximum Gasteiger partial charge on any atom is 0.471 e. The fraction of sp³-hybridized carbons (Fsp3) is 0.640. The monoisotopic (exact) mass is 441 g/mol. The van der Waals surface area contributed by atoms with Gasteiger partial charge in [-0.25, -0.2) is 0 Å². The fourth-order valence-electron chi connectivity index (χ4n) is 3.97. The van der Waals surface area contributed by atoms with Crippen molar-refractivity contribution in [2.24, 2.45) is 11.8 Å². The summed E-state index contributed by atoms with van der Waals surface area (Å²) in [5.41, 5.74) is 0.108. The van der Waals surface area contributed by atoms with E-state index in [4.69, 9.17) is 4.74 Å². The molecule has 1 aromatic carbocycles. The molecule has 0 unspecified atom stereocenters. The van der Waals surface area contributed by atoms with Gasteiger partial charge in [-0.05, 0) is 44.1 Å². The molecule has 0 aliphatic rings. The molecule has 0 aliphatic heterocycles. The van der Waals surface area contributed by atoms with E-state index in [1.165, 1.54) is 0 Å². The molecule has 0 saturated heterocycles. The van der Waals surface area contributed by atoms with Gasteiger partial charge >= 0.3 is 12.1 Å². The van der Waals surface area contributed by atoms with Crippen molar-refractivity contribution in [3.63, 3.8) is 0 Å². The second-order valence-electron chi connectivity index (χ2n) is 9.29. The Bertz CT molecular complexity index is 675. The predicted octanol–water partition coefficient (Wildman–Crippen LogP) is 7.00. The number of hydrogen-bond donors (Lipinski definition) is 1. The van der Waals surface area contributed by atoms with Gasteiger partial charge in [0.2, 0.25) is 0 Å². The summed E-state index contributed by atoms with van der Waals surface area (Å²) < 4.78 is 44.9. The maximum absolute atomic E-state index is 12.8. The summed E-state index contributed by atoms with van der Waals surface area (Å²) in [7, 11) is 0. The maximum atomic E-state index is 12.8. The number of halogens is 3. The number of alkyl halides is 3. The average molecular weight is 442 g/mol. The molecule has 176 valence electrons. The largest absolute Gasteiger partial charge is 0.471 e. The first-order chi connectivity index (χ1) is 14.4. The second kappa shape index (κ2) is 12.3. The van der Waals surface area contributed by atoms with Gasteiger partial charge < -0.3 is 10.1 Å². The normalized spacial score (nSPS) is 16.9. The number of benzene rings is 1. The number of hydrogen-bond acceptors (Lipinski definition) is 2. The zero-order chi connectivity index (χ0) is 23.7.